The molecule has 0 aromatic rings. The maximum Gasteiger partial charge on any atom is 0.303 e. The van der Waals surface area contributed by atoms with Gasteiger partial charge in [0.05, 0.1) is 13.2 Å². The molecular weight excluding hydrogens is 757 g/mol. The van der Waals surface area contributed by atoms with E-state index in [9.17, 15) is 14.4 Å². The Morgan fingerprint density at radius 3 is 0.567 bits per heavy atom. The summed E-state index contributed by atoms with van der Waals surface area (Å²) in [6, 6.07) is 0. The van der Waals surface area contributed by atoms with Gasteiger partial charge in [0.15, 0.2) is 0 Å². The first-order valence-electron chi connectivity index (χ1n) is 25.2. The van der Waals surface area contributed by atoms with Gasteiger partial charge in [-0.1, -0.05) is 234 Å². The van der Waals surface area contributed by atoms with E-state index in [1.165, 1.54) is 173 Å². The van der Waals surface area contributed by atoms with Crippen LogP contribution in [-0.4, -0.2) is 67.9 Å². The Kier molecular flexibility index (Phi) is 59.8. The van der Waals surface area contributed by atoms with Crippen LogP contribution >= 0.6 is 0 Å². The van der Waals surface area contributed by atoms with Gasteiger partial charge in [0.1, 0.15) is 6.10 Å². The van der Waals surface area contributed by atoms with Crippen LogP contribution in [0.15, 0.2) is 0 Å². The van der Waals surface area contributed by atoms with Crippen molar-refractivity contribution in [2.75, 3.05) is 13.2 Å². The highest BCUT2D eigenvalue weighted by Crippen LogP contribution is 2.16. The lowest BCUT2D eigenvalue weighted by atomic mass is 10.0. The number of aliphatic hydroxyl groups is 3. The van der Waals surface area contributed by atoms with Gasteiger partial charge in [-0.2, -0.15) is 0 Å². The topological polar surface area (TPSA) is 173 Å². The second-order valence-electron chi connectivity index (χ2n) is 18.6. The molecule has 0 bridgehead atoms. The molecule has 0 unspecified atom stereocenters. The summed E-state index contributed by atoms with van der Waals surface area (Å²) < 4.78 is 0. The zero-order valence-corrected chi connectivity index (χ0v) is 40.6. The molecule has 6 N–H and O–H groups in total. The lowest BCUT2D eigenvalue weighted by molar-refractivity contribution is -0.138. The van der Waals surface area contributed by atoms with Crippen molar-refractivity contribution in [1.29, 1.82) is 0 Å². The number of aliphatic carboxylic acids is 3. The van der Waals surface area contributed by atoms with Crippen LogP contribution in [0.3, 0.4) is 0 Å². The largest absolute Gasteiger partial charge is 0.481 e. The van der Waals surface area contributed by atoms with Crippen molar-refractivity contribution >= 4 is 17.9 Å². The van der Waals surface area contributed by atoms with Crippen LogP contribution in [0.4, 0.5) is 0 Å². The molecule has 0 aromatic carbocycles. The monoisotopic (exact) mass is 861 g/mol. The summed E-state index contributed by atoms with van der Waals surface area (Å²) in [6.07, 6.45) is 42.3. The molecule has 362 valence electrons. The molecule has 0 rings (SSSR count). The third-order valence-corrected chi connectivity index (χ3v) is 10.7. The Labute approximate surface area is 371 Å². The fourth-order valence-corrected chi connectivity index (χ4v) is 6.79. The Morgan fingerprint density at radius 1 is 0.300 bits per heavy atom. The van der Waals surface area contributed by atoms with Gasteiger partial charge in [0, 0.05) is 19.3 Å². The second kappa shape index (κ2) is 55.3. The molecule has 0 saturated heterocycles. The van der Waals surface area contributed by atoms with Gasteiger partial charge in [0.2, 0.25) is 0 Å². The first-order chi connectivity index (χ1) is 28.7. The maximum absolute atomic E-state index is 10.3. The highest BCUT2D eigenvalue weighted by atomic mass is 16.4. The average molecular weight is 861 g/mol. The van der Waals surface area contributed by atoms with E-state index in [2.05, 4.69) is 41.5 Å². The van der Waals surface area contributed by atoms with E-state index in [-0.39, 0.29) is 13.2 Å². The fourth-order valence-electron chi connectivity index (χ4n) is 6.79. The molecule has 0 aliphatic rings. The van der Waals surface area contributed by atoms with Gasteiger partial charge < -0.3 is 30.6 Å². The third kappa shape index (κ3) is 76.9. The molecule has 9 nitrogen and oxygen atoms in total. The van der Waals surface area contributed by atoms with Crippen LogP contribution in [0.5, 0.6) is 0 Å². The molecule has 0 fully saturated rings. The van der Waals surface area contributed by atoms with Crippen molar-refractivity contribution in [2.24, 2.45) is 17.8 Å². The zero-order valence-electron chi connectivity index (χ0n) is 40.6. The number of rotatable bonds is 41. The summed E-state index contributed by atoms with van der Waals surface area (Å²) in [5, 5.41) is 49.5. The zero-order chi connectivity index (χ0) is 45.9. The van der Waals surface area contributed by atoms with E-state index in [4.69, 9.17) is 30.6 Å². The minimum atomic E-state index is -0.954. The maximum atomic E-state index is 10.3. The van der Waals surface area contributed by atoms with Crippen molar-refractivity contribution in [3.8, 4) is 0 Å². The van der Waals surface area contributed by atoms with Crippen molar-refractivity contribution < 1.29 is 45.0 Å². The Morgan fingerprint density at radius 2 is 0.450 bits per heavy atom. The normalized spacial score (nSPS) is 10.9. The van der Waals surface area contributed by atoms with E-state index in [1.54, 1.807) is 0 Å². The lowest BCUT2D eigenvalue weighted by Crippen LogP contribution is -2.15. The van der Waals surface area contributed by atoms with Gasteiger partial charge in [-0.25, -0.2) is 0 Å². The summed E-state index contributed by atoms with van der Waals surface area (Å²) >= 11 is 0. The van der Waals surface area contributed by atoms with Crippen LogP contribution in [-0.2, 0) is 14.4 Å². The predicted molar refractivity (Wildman–Crippen MR) is 254 cm³/mol. The van der Waals surface area contributed by atoms with Crippen LogP contribution in [0.1, 0.15) is 273 Å². The van der Waals surface area contributed by atoms with E-state index in [0.29, 0.717) is 19.3 Å². The number of hydrogen-bond acceptors (Lipinski definition) is 6. The van der Waals surface area contributed by atoms with Crippen molar-refractivity contribution in [2.45, 2.75) is 279 Å². The second-order valence-corrected chi connectivity index (χ2v) is 18.6. The van der Waals surface area contributed by atoms with Gasteiger partial charge in [-0.15, -0.1) is 0 Å². The average Bonchev–Trinajstić information content (AvgIpc) is 3.18. The molecule has 9 heteroatoms. The molecule has 0 spiro atoms. The smallest absolute Gasteiger partial charge is 0.303 e. The molecule has 60 heavy (non-hydrogen) atoms. The van der Waals surface area contributed by atoms with Crippen LogP contribution in [0.25, 0.3) is 0 Å². The molecular formula is C51H104O9. The predicted octanol–water partition coefficient (Wildman–Crippen LogP) is 14.6. The van der Waals surface area contributed by atoms with Gasteiger partial charge in [-0.05, 0) is 37.0 Å². The minimum Gasteiger partial charge on any atom is -0.481 e. The van der Waals surface area contributed by atoms with Crippen molar-refractivity contribution in [1.82, 2.24) is 0 Å². The summed E-state index contributed by atoms with van der Waals surface area (Å²) in [6.45, 7) is 13.0. The van der Waals surface area contributed by atoms with E-state index in [0.717, 1.165) is 56.3 Å². The highest BCUT2D eigenvalue weighted by molar-refractivity contribution is 5.67. The van der Waals surface area contributed by atoms with Crippen molar-refractivity contribution in [3.05, 3.63) is 0 Å². The highest BCUT2D eigenvalue weighted by Gasteiger charge is 2.01. The van der Waals surface area contributed by atoms with Gasteiger partial charge in [-0.3, -0.25) is 14.4 Å². The molecule has 0 saturated carbocycles. The third-order valence-electron chi connectivity index (χ3n) is 10.7. The number of aliphatic hydroxyl groups excluding tert-OH is 3. The molecule has 0 aromatic heterocycles. The summed E-state index contributed by atoms with van der Waals surface area (Å²) in [7, 11) is 0. The molecule has 0 radical (unpaired) electrons. The lowest BCUT2D eigenvalue weighted by Gasteiger charge is -2.04. The Bertz CT molecular complexity index is 743. The van der Waals surface area contributed by atoms with E-state index < -0.39 is 24.0 Å². The number of carboxylic acids is 3. The van der Waals surface area contributed by atoms with Crippen LogP contribution < -0.4 is 0 Å². The molecule has 0 aliphatic heterocycles. The standard InChI is InChI=1S/3C16H32O2.C3H8O3/c3*1-15(2)13-11-9-7-5-3-4-6-8-10-12-14-16(17)18;4-1-3(6)2-5/h3*15H,3-14H2,1-2H3,(H,17,18);3-6H,1-2H2. The molecule has 0 amide bonds. The SMILES string of the molecule is CC(C)CCCCCCCCCCCCC(=O)O.CC(C)CCCCCCCCCCCCC(=O)O.CC(C)CCCCCCCCCCCCC(=O)O.OCC(O)CO. The quantitative estimate of drug-likeness (QED) is 0.0327. The van der Waals surface area contributed by atoms with Gasteiger partial charge >= 0.3 is 17.9 Å². The van der Waals surface area contributed by atoms with Crippen LogP contribution in [0.2, 0.25) is 0 Å². The first kappa shape index (κ1) is 64.9. The number of carbonyl (C=O) groups is 3. The molecule has 0 heterocycles. The van der Waals surface area contributed by atoms with E-state index >= 15 is 0 Å². The first-order valence-corrected chi connectivity index (χ1v) is 25.2. The Hall–Kier alpha value is -1.71. The molecule has 0 aliphatic carbocycles. The van der Waals surface area contributed by atoms with Crippen LogP contribution in [0, 0.1) is 17.8 Å². The fraction of sp³-hybridized carbons (Fsp3) is 0.941. The number of unbranched alkanes of at least 4 members (excludes halogenated alkanes) is 27. The number of hydrogen-bond donors (Lipinski definition) is 6. The molecule has 0 atom stereocenters. The number of carboxylic acid groups (broad SMARTS) is 3. The van der Waals surface area contributed by atoms with Crippen molar-refractivity contribution in [3.63, 3.8) is 0 Å². The summed E-state index contributed by atoms with van der Waals surface area (Å²) in [4.78, 5) is 30.9. The minimum absolute atomic E-state index is 0.343. The van der Waals surface area contributed by atoms with Gasteiger partial charge in [0.25, 0.3) is 0 Å². The Balaban J connectivity index is -0.000000366. The van der Waals surface area contributed by atoms with E-state index in [1.807, 2.05) is 0 Å². The summed E-state index contributed by atoms with van der Waals surface area (Å²) in [5.74, 6) is 0.603. The summed E-state index contributed by atoms with van der Waals surface area (Å²) in [5.41, 5.74) is 0.